The second-order valence-electron chi connectivity index (χ2n) is 6.56. The van der Waals surface area contributed by atoms with Crippen LogP contribution in [-0.2, 0) is 4.79 Å². The largest absolute Gasteiger partial charge is 0.481 e. The minimum Gasteiger partial charge on any atom is -0.481 e. The van der Waals surface area contributed by atoms with Gasteiger partial charge >= 0.3 is 12.0 Å². The van der Waals surface area contributed by atoms with Gasteiger partial charge in [0.25, 0.3) is 0 Å². The lowest BCUT2D eigenvalue weighted by Crippen LogP contribution is -2.45. The van der Waals surface area contributed by atoms with Crippen molar-refractivity contribution in [3.63, 3.8) is 0 Å². The molecule has 116 valence electrons. The number of nitrogens with one attached hydrogen (secondary N) is 2. The van der Waals surface area contributed by atoms with E-state index in [4.69, 9.17) is 5.11 Å². The summed E-state index contributed by atoms with van der Waals surface area (Å²) in [4.78, 5) is 22.1. The fourth-order valence-electron chi connectivity index (χ4n) is 2.84. The van der Waals surface area contributed by atoms with Crippen molar-refractivity contribution in [1.82, 2.24) is 10.6 Å². The molecule has 5 heteroatoms. The molecule has 1 aliphatic rings. The second-order valence-corrected chi connectivity index (χ2v) is 6.56. The van der Waals surface area contributed by atoms with E-state index in [0.29, 0.717) is 18.4 Å². The average molecular weight is 284 g/mol. The van der Waals surface area contributed by atoms with Crippen molar-refractivity contribution in [2.45, 2.75) is 71.3 Å². The van der Waals surface area contributed by atoms with Gasteiger partial charge in [-0.25, -0.2) is 4.79 Å². The quantitative estimate of drug-likeness (QED) is 0.629. The van der Waals surface area contributed by atoms with Crippen molar-refractivity contribution < 1.29 is 14.7 Å². The Kier molecular flexibility index (Phi) is 6.82. The molecular formula is C15H28N2O3. The normalized spacial score (nSPS) is 21.2. The van der Waals surface area contributed by atoms with Gasteiger partial charge in [-0.2, -0.15) is 0 Å². The van der Waals surface area contributed by atoms with E-state index < -0.39 is 5.97 Å². The molecule has 0 aromatic heterocycles. The summed E-state index contributed by atoms with van der Waals surface area (Å²) in [5.74, 6) is -0.754. The van der Waals surface area contributed by atoms with Crippen molar-refractivity contribution in [2.75, 3.05) is 6.54 Å². The number of unbranched alkanes of at least 4 members (excludes halogenated alkanes) is 2. The molecule has 5 nitrogen and oxygen atoms in total. The molecule has 1 fully saturated rings. The number of hydrogen-bond donors (Lipinski definition) is 3. The molecule has 1 unspecified atom stereocenters. The SMILES string of the molecule is CC1(C)CCCC(NC(=O)NCCCCCC(=O)O)C1. The van der Waals surface area contributed by atoms with Crippen LogP contribution in [0.5, 0.6) is 0 Å². The van der Waals surface area contributed by atoms with Gasteiger partial charge in [0.05, 0.1) is 0 Å². The highest BCUT2D eigenvalue weighted by Gasteiger charge is 2.28. The van der Waals surface area contributed by atoms with Crippen molar-refractivity contribution in [3.8, 4) is 0 Å². The summed E-state index contributed by atoms with van der Waals surface area (Å²) >= 11 is 0. The number of carboxylic acid groups (broad SMARTS) is 1. The predicted molar refractivity (Wildman–Crippen MR) is 78.7 cm³/mol. The van der Waals surface area contributed by atoms with E-state index in [-0.39, 0.29) is 18.5 Å². The van der Waals surface area contributed by atoms with Crippen LogP contribution in [0.1, 0.15) is 65.2 Å². The summed E-state index contributed by atoms with van der Waals surface area (Å²) < 4.78 is 0. The number of rotatable bonds is 7. The number of carbonyl (C=O) groups is 2. The summed E-state index contributed by atoms with van der Waals surface area (Å²) in [7, 11) is 0. The van der Waals surface area contributed by atoms with Crippen LogP contribution in [0.4, 0.5) is 4.79 Å². The van der Waals surface area contributed by atoms with Crippen LogP contribution in [0.2, 0.25) is 0 Å². The van der Waals surface area contributed by atoms with E-state index in [0.717, 1.165) is 25.7 Å². The molecule has 1 atom stereocenters. The molecule has 1 rings (SSSR count). The summed E-state index contributed by atoms with van der Waals surface area (Å²) in [6, 6.07) is 0.191. The van der Waals surface area contributed by atoms with Gasteiger partial charge in [0.1, 0.15) is 0 Å². The average Bonchev–Trinajstić information content (AvgIpc) is 2.32. The zero-order valence-corrected chi connectivity index (χ0v) is 12.7. The zero-order chi connectivity index (χ0) is 15.0. The van der Waals surface area contributed by atoms with Gasteiger partial charge in [-0.05, 0) is 37.5 Å². The third-order valence-electron chi connectivity index (χ3n) is 3.89. The molecule has 0 spiro atoms. The first-order valence-electron chi connectivity index (χ1n) is 7.65. The fraction of sp³-hybridized carbons (Fsp3) is 0.867. The number of carbonyl (C=O) groups excluding carboxylic acids is 1. The standard InChI is InChI=1S/C15H28N2O3/c1-15(2)9-6-7-12(11-15)17-14(20)16-10-5-3-4-8-13(18)19/h12H,3-11H2,1-2H3,(H,18,19)(H2,16,17,20). The summed E-state index contributed by atoms with van der Waals surface area (Å²) in [5, 5.41) is 14.4. The Labute approximate surface area is 121 Å². The Bertz CT molecular complexity index is 329. The first kappa shape index (κ1) is 16.8. The highest BCUT2D eigenvalue weighted by atomic mass is 16.4. The number of hydrogen-bond acceptors (Lipinski definition) is 2. The van der Waals surface area contributed by atoms with Gasteiger partial charge < -0.3 is 15.7 Å². The molecule has 2 amide bonds. The Morgan fingerprint density at radius 1 is 1.25 bits per heavy atom. The van der Waals surface area contributed by atoms with E-state index in [1.807, 2.05) is 0 Å². The van der Waals surface area contributed by atoms with E-state index in [2.05, 4.69) is 24.5 Å². The highest BCUT2D eigenvalue weighted by molar-refractivity contribution is 5.74. The van der Waals surface area contributed by atoms with Gasteiger partial charge in [0, 0.05) is 19.0 Å². The molecule has 1 saturated carbocycles. The zero-order valence-electron chi connectivity index (χ0n) is 12.7. The predicted octanol–water partition coefficient (Wildman–Crippen LogP) is 2.90. The van der Waals surface area contributed by atoms with Crippen molar-refractivity contribution in [3.05, 3.63) is 0 Å². The maximum Gasteiger partial charge on any atom is 0.315 e. The Balaban J connectivity index is 2.07. The Morgan fingerprint density at radius 2 is 2.00 bits per heavy atom. The van der Waals surface area contributed by atoms with Gasteiger partial charge in [-0.3, -0.25) is 4.79 Å². The van der Waals surface area contributed by atoms with Crippen LogP contribution in [-0.4, -0.2) is 29.7 Å². The lowest BCUT2D eigenvalue weighted by Gasteiger charge is -2.35. The molecule has 1 aliphatic carbocycles. The van der Waals surface area contributed by atoms with Crippen LogP contribution in [0, 0.1) is 5.41 Å². The Morgan fingerprint density at radius 3 is 2.65 bits per heavy atom. The maximum absolute atomic E-state index is 11.7. The Hall–Kier alpha value is -1.26. The van der Waals surface area contributed by atoms with Gasteiger partial charge in [0.15, 0.2) is 0 Å². The molecular weight excluding hydrogens is 256 g/mol. The van der Waals surface area contributed by atoms with Crippen molar-refractivity contribution in [1.29, 1.82) is 0 Å². The van der Waals surface area contributed by atoms with Gasteiger partial charge in [0.2, 0.25) is 0 Å². The van der Waals surface area contributed by atoms with Crippen molar-refractivity contribution >= 4 is 12.0 Å². The van der Waals surface area contributed by atoms with Crippen LogP contribution < -0.4 is 10.6 Å². The van der Waals surface area contributed by atoms with Gasteiger partial charge in [-0.15, -0.1) is 0 Å². The molecule has 0 saturated heterocycles. The molecule has 0 aliphatic heterocycles. The van der Waals surface area contributed by atoms with E-state index >= 15 is 0 Å². The van der Waals surface area contributed by atoms with Crippen LogP contribution in [0.3, 0.4) is 0 Å². The third-order valence-corrected chi connectivity index (χ3v) is 3.89. The molecule has 0 bridgehead atoms. The molecule has 0 radical (unpaired) electrons. The molecule has 0 aromatic carbocycles. The summed E-state index contributed by atoms with van der Waals surface area (Å²) in [6.45, 7) is 5.12. The lowest BCUT2D eigenvalue weighted by atomic mass is 9.75. The first-order chi connectivity index (χ1) is 9.39. The van der Waals surface area contributed by atoms with Crippen molar-refractivity contribution in [2.24, 2.45) is 5.41 Å². The van der Waals surface area contributed by atoms with Crippen LogP contribution in [0.15, 0.2) is 0 Å². The summed E-state index contributed by atoms with van der Waals surface area (Å²) in [6.07, 6.45) is 7.07. The van der Waals surface area contributed by atoms with Crippen LogP contribution >= 0.6 is 0 Å². The first-order valence-corrected chi connectivity index (χ1v) is 7.65. The molecule has 0 heterocycles. The van der Waals surface area contributed by atoms with Gasteiger partial charge in [-0.1, -0.05) is 26.7 Å². The van der Waals surface area contributed by atoms with E-state index in [9.17, 15) is 9.59 Å². The molecule has 3 N–H and O–H groups in total. The minimum absolute atomic E-state index is 0.0917. The summed E-state index contributed by atoms with van der Waals surface area (Å²) in [5.41, 5.74) is 0.326. The molecule has 0 aromatic rings. The number of urea groups is 1. The monoisotopic (exact) mass is 284 g/mol. The molecule has 20 heavy (non-hydrogen) atoms. The minimum atomic E-state index is -0.754. The smallest absolute Gasteiger partial charge is 0.315 e. The van der Waals surface area contributed by atoms with E-state index in [1.165, 1.54) is 12.8 Å². The topological polar surface area (TPSA) is 78.4 Å². The highest BCUT2D eigenvalue weighted by Crippen LogP contribution is 2.34. The number of amides is 2. The third kappa shape index (κ3) is 7.36. The fourth-order valence-corrected chi connectivity index (χ4v) is 2.84. The number of aliphatic carboxylic acids is 1. The number of carboxylic acids is 1. The lowest BCUT2D eigenvalue weighted by molar-refractivity contribution is -0.137. The second kappa shape index (κ2) is 8.12. The van der Waals surface area contributed by atoms with Crippen LogP contribution in [0.25, 0.3) is 0 Å². The maximum atomic E-state index is 11.7. The van der Waals surface area contributed by atoms with E-state index in [1.54, 1.807) is 0 Å².